The lowest BCUT2D eigenvalue weighted by atomic mass is 10.0. The second-order valence-corrected chi connectivity index (χ2v) is 4.23. The number of aromatic nitrogens is 2. The summed E-state index contributed by atoms with van der Waals surface area (Å²) in [6.07, 6.45) is 1.71. The first kappa shape index (κ1) is 11.4. The zero-order chi connectivity index (χ0) is 12.6. The summed E-state index contributed by atoms with van der Waals surface area (Å²) in [6.45, 7) is 3.90. The van der Waals surface area contributed by atoms with Crippen molar-refractivity contribution in [1.82, 2.24) is 9.55 Å². The topological polar surface area (TPSA) is 60.9 Å². The zero-order valence-electron chi connectivity index (χ0n) is 10.2. The molecule has 0 fully saturated rings. The number of aryl methyl sites for hydroxylation is 3. The molecular weight excluding hydrogens is 214 g/mol. The molecule has 1 heterocycles. The molecular formula is C13H15N3O. The van der Waals surface area contributed by atoms with Crippen molar-refractivity contribution in [2.24, 2.45) is 7.05 Å². The van der Waals surface area contributed by atoms with Gasteiger partial charge in [-0.25, -0.2) is 4.79 Å². The van der Waals surface area contributed by atoms with Crippen LogP contribution in [0, 0.1) is 13.8 Å². The Bertz CT molecular complexity index is 606. The molecule has 0 bridgehead atoms. The predicted molar refractivity (Wildman–Crippen MR) is 68.8 cm³/mol. The number of hydrogen-bond acceptors (Lipinski definition) is 3. The Balaban J connectivity index is 2.61. The van der Waals surface area contributed by atoms with Gasteiger partial charge in [0.15, 0.2) is 0 Å². The Morgan fingerprint density at radius 1 is 1.24 bits per heavy atom. The molecule has 4 nitrogen and oxygen atoms in total. The summed E-state index contributed by atoms with van der Waals surface area (Å²) in [4.78, 5) is 15.5. The third-order valence-corrected chi connectivity index (χ3v) is 2.86. The highest BCUT2D eigenvalue weighted by Gasteiger charge is 2.05. The van der Waals surface area contributed by atoms with E-state index in [1.165, 1.54) is 4.57 Å². The summed E-state index contributed by atoms with van der Waals surface area (Å²) in [5, 5.41) is 0. The van der Waals surface area contributed by atoms with E-state index in [4.69, 9.17) is 5.73 Å². The summed E-state index contributed by atoms with van der Waals surface area (Å²) in [5.41, 5.74) is 10.0. The number of hydrogen-bond donors (Lipinski definition) is 1. The minimum atomic E-state index is -0.255. The van der Waals surface area contributed by atoms with Crippen LogP contribution in [0.2, 0.25) is 0 Å². The highest BCUT2D eigenvalue weighted by atomic mass is 16.1. The van der Waals surface area contributed by atoms with Gasteiger partial charge in [0.2, 0.25) is 0 Å². The van der Waals surface area contributed by atoms with Gasteiger partial charge in [-0.2, -0.15) is 4.98 Å². The molecule has 17 heavy (non-hydrogen) atoms. The molecule has 2 N–H and O–H groups in total. The van der Waals surface area contributed by atoms with Gasteiger partial charge in [-0.3, -0.25) is 0 Å². The van der Waals surface area contributed by atoms with Crippen LogP contribution in [0.15, 0.2) is 29.2 Å². The van der Waals surface area contributed by atoms with Gasteiger partial charge in [-0.05, 0) is 43.2 Å². The largest absolute Gasteiger partial charge is 0.398 e. The van der Waals surface area contributed by atoms with Gasteiger partial charge < -0.3 is 10.3 Å². The Morgan fingerprint density at radius 2 is 1.82 bits per heavy atom. The molecule has 2 aromatic rings. The van der Waals surface area contributed by atoms with Crippen molar-refractivity contribution < 1.29 is 0 Å². The van der Waals surface area contributed by atoms with E-state index in [1.54, 1.807) is 13.2 Å². The number of nitrogens with two attached hydrogens (primary N) is 1. The average molecular weight is 229 g/mol. The van der Waals surface area contributed by atoms with Crippen molar-refractivity contribution in [2.75, 3.05) is 5.73 Å². The highest BCUT2D eigenvalue weighted by molar-refractivity contribution is 5.67. The van der Waals surface area contributed by atoms with Crippen LogP contribution in [-0.2, 0) is 7.05 Å². The minimum absolute atomic E-state index is 0.255. The zero-order valence-corrected chi connectivity index (χ0v) is 10.2. The van der Waals surface area contributed by atoms with E-state index in [2.05, 4.69) is 4.98 Å². The number of benzene rings is 1. The highest BCUT2D eigenvalue weighted by Crippen LogP contribution is 2.24. The third-order valence-electron chi connectivity index (χ3n) is 2.86. The van der Waals surface area contributed by atoms with Crippen LogP contribution in [0.25, 0.3) is 11.3 Å². The molecule has 0 atom stereocenters. The van der Waals surface area contributed by atoms with E-state index < -0.39 is 0 Å². The average Bonchev–Trinajstić information content (AvgIpc) is 2.29. The second-order valence-electron chi connectivity index (χ2n) is 4.23. The molecule has 88 valence electrons. The van der Waals surface area contributed by atoms with Crippen LogP contribution in [-0.4, -0.2) is 9.55 Å². The maximum absolute atomic E-state index is 11.5. The van der Waals surface area contributed by atoms with Crippen molar-refractivity contribution in [3.63, 3.8) is 0 Å². The molecule has 0 unspecified atom stereocenters. The lowest BCUT2D eigenvalue weighted by Gasteiger charge is -2.08. The van der Waals surface area contributed by atoms with Crippen LogP contribution in [0.3, 0.4) is 0 Å². The van der Waals surface area contributed by atoms with Crippen molar-refractivity contribution in [3.8, 4) is 11.3 Å². The minimum Gasteiger partial charge on any atom is -0.398 e. The molecule has 0 saturated carbocycles. The van der Waals surface area contributed by atoms with E-state index in [9.17, 15) is 4.79 Å². The van der Waals surface area contributed by atoms with E-state index in [0.717, 1.165) is 22.4 Å². The van der Waals surface area contributed by atoms with Crippen molar-refractivity contribution >= 4 is 5.69 Å². The molecule has 0 aliphatic rings. The molecule has 1 aromatic carbocycles. The Labute approximate surface area is 99.7 Å². The van der Waals surface area contributed by atoms with Crippen molar-refractivity contribution in [1.29, 1.82) is 0 Å². The predicted octanol–water partition coefficient (Wildman–Crippen LogP) is 1.65. The van der Waals surface area contributed by atoms with Crippen LogP contribution >= 0.6 is 0 Å². The van der Waals surface area contributed by atoms with E-state index in [1.807, 2.05) is 32.0 Å². The van der Waals surface area contributed by atoms with Gasteiger partial charge in [0.1, 0.15) is 0 Å². The van der Waals surface area contributed by atoms with Crippen molar-refractivity contribution in [3.05, 3.63) is 46.0 Å². The van der Waals surface area contributed by atoms with Gasteiger partial charge in [-0.15, -0.1) is 0 Å². The molecule has 2 rings (SSSR count). The van der Waals surface area contributed by atoms with Gasteiger partial charge >= 0.3 is 5.69 Å². The molecule has 0 aliphatic carbocycles. The summed E-state index contributed by atoms with van der Waals surface area (Å²) in [6, 6.07) is 5.72. The van der Waals surface area contributed by atoms with Crippen LogP contribution in [0.5, 0.6) is 0 Å². The first-order chi connectivity index (χ1) is 7.99. The van der Waals surface area contributed by atoms with Crippen LogP contribution in [0.1, 0.15) is 11.1 Å². The second kappa shape index (κ2) is 4.05. The number of nitrogen functional groups attached to an aromatic ring is 1. The van der Waals surface area contributed by atoms with Gasteiger partial charge in [0, 0.05) is 24.5 Å². The number of rotatable bonds is 1. The maximum Gasteiger partial charge on any atom is 0.347 e. The first-order valence-corrected chi connectivity index (χ1v) is 5.40. The quantitative estimate of drug-likeness (QED) is 0.756. The molecule has 0 aliphatic heterocycles. The molecule has 0 radical (unpaired) electrons. The van der Waals surface area contributed by atoms with Crippen LogP contribution in [0.4, 0.5) is 5.69 Å². The van der Waals surface area contributed by atoms with Crippen LogP contribution < -0.4 is 11.4 Å². The SMILES string of the molecule is Cc1cc(-c2ccn(C)c(=O)n2)cc(C)c1N. The van der Waals surface area contributed by atoms with E-state index in [0.29, 0.717) is 5.69 Å². The summed E-state index contributed by atoms with van der Waals surface area (Å²) in [5.74, 6) is 0. The first-order valence-electron chi connectivity index (χ1n) is 5.40. The monoisotopic (exact) mass is 229 g/mol. The lowest BCUT2D eigenvalue weighted by molar-refractivity contribution is 0.813. The molecule has 0 spiro atoms. The fourth-order valence-electron chi connectivity index (χ4n) is 1.75. The van der Waals surface area contributed by atoms with Gasteiger partial charge in [0.05, 0.1) is 5.69 Å². The standard InChI is InChI=1S/C13H15N3O/c1-8-6-10(7-9(2)12(8)14)11-4-5-16(3)13(17)15-11/h4-7H,14H2,1-3H3. The fourth-order valence-corrected chi connectivity index (χ4v) is 1.75. The van der Waals surface area contributed by atoms with E-state index >= 15 is 0 Å². The number of anilines is 1. The summed E-state index contributed by atoms with van der Waals surface area (Å²) >= 11 is 0. The smallest absolute Gasteiger partial charge is 0.347 e. The summed E-state index contributed by atoms with van der Waals surface area (Å²) < 4.78 is 1.44. The Kier molecular flexibility index (Phi) is 2.71. The normalized spacial score (nSPS) is 10.5. The number of nitrogens with zero attached hydrogens (tertiary/aromatic N) is 2. The fraction of sp³-hybridized carbons (Fsp3) is 0.231. The van der Waals surface area contributed by atoms with Gasteiger partial charge in [0.25, 0.3) is 0 Å². The van der Waals surface area contributed by atoms with E-state index in [-0.39, 0.29) is 5.69 Å². The van der Waals surface area contributed by atoms with Crippen molar-refractivity contribution in [2.45, 2.75) is 13.8 Å². The Morgan fingerprint density at radius 3 is 2.35 bits per heavy atom. The lowest BCUT2D eigenvalue weighted by Crippen LogP contribution is -2.19. The third kappa shape index (κ3) is 2.06. The van der Waals surface area contributed by atoms with Gasteiger partial charge in [-0.1, -0.05) is 0 Å². The molecule has 4 heteroatoms. The summed E-state index contributed by atoms with van der Waals surface area (Å²) in [7, 11) is 1.68. The maximum atomic E-state index is 11.5. The molecule has 1 aromatic heterocycles. The molecule has 0 saturated heterocycles. The molecule has 0 amide bonds. The Hall–Kier alpha value is -2.10.